The number of pyridine rings is 1. The number of carbonyl (C=O) groups is 1. The third-order valence-corrected chi connectivity index (χ3v) is 11.1. The third-order valence-electron chi connectivity index (χ3n) is 8.53. The van der Waals surface area contributed by atoms with Gasteiger partial charge in [0, 0.05) is 30.4 Å². The molecule has 0 saturated heterocycles. The molecule has 5 nitrogen and oxygen atoms in total. The summed E-state index contributed by atoms with van der Waals surface area (Å²) in [7, 11) is -4.52. The highest BCUT2D eigenvalue weighted by atomic mass is 32.2. The van der Waals surface area contributed by atoms with Gasteiger partial charge in [0.2, 0.25) is 5.91 Å². The van der Waals surface area contributed by atoms with Crippen molar-refractivity contribution in [3.05, 3.63) is 95.1 Å². The van der Waals surface area contributed by atoms with Crippen LogP contribution in [0.4, 0.5) is 35.1 Å². The molecule has 0 spiro atoms. The number of benzene rings is 2. The standard InChI is InChI=1S/C29H24F8N2O3S/c30-20-3-5-21(6-4-20)43(41,42)26-12-9-22(25(40)39-16-17-10-13-38-14-11-17)24(26)7-1-18-15-19(2-8-23(18)26)27(31,28(32,33)34)29(35,36)37/h2-6,8,10-11,13-15,22,24H,1,7,9,12,16H2,(H,39,40)/t22-,24-,26+/m1/s1. The summed E-state index contributed by atoms with van der Waals surface area (Å²) < 4.78 is 136. The van der Waals surface area contributed by atoms with Crippen molar-refractivity contribution in [1.82, 2.24) is 10.3 Å². The molecule has 43 heavy (non-hydrogen) atoms. The first-order chi connectivity index (χ1) is 20.0. The van der Waals surface area contributed by atoms with Crippen LogP contribution in [-0.4, -0.2) is 31.7 Å². The molecule has 5 rings (SSSR count). The maximum atomic E-state index is 14.9. The molecule has 0 unspecified atom stereocenters. The Hall–Kier alpha value is -3.55. The number of aromatic nitrogens is 1. The molecule has 3 aromatic rings. The Morgan fingerprint density at radius 3 is 2.14 bits per heavy atom. The lowest BCUT2D eigenvalue weighted by molar-refractivity contribution is -0.348. The molecule has 1 amide bonds. The van der Waals surface area contributed by atoms with Gasteiger partial charge < -0.3 is 5.32 Å². The SMILES string of the molecule is O=C(NCc1ccncc1)[C@@H]1CC[C@]2(S(=O)(=O)c3ccc(F)cc3)c3ccc(C(F)(C(F)(F)F)C(F)(F)F)cc3CC[C@H]12. The second kappa shape index (κ2) is 10.6. The summed E-state index contributed by atoms with van der Waals surface area (Å²) in [6.45, 7) is 0.107. The molecule has 0 bridgehead atoms. The zero-order valence-corrected chi connectivity index (χ0v) is 23.0. The normalized spacial score (nSPS) is 22.5. The first-order valence-corrected chi connectivity index (χ1v) is 14.7. The molecule has 0 aliphatic heterocycles. The monoisotopic (exact) mass is 632 g/mol. The van der Waals surface area contributed by atoms with Gasteiger partial charge in [-0.15, -0.1) is 0 Å². The lowest BCUT2D eigenvalue weighted by atomic mass is 9.72. The molecule has 1 saturated carbocycles. The Bertz CT molecular complexity index is 1610. The first kappa shape index (κ1) is 30.9. The van der Waals surface area contributed by atoms with Crippen LogP contribution in [0.15, 0.2) is 71.9 Å². The minimum Gasteiger partial charge on any atom is -0.352 e. The summed E-state index contributed by atoms with van der Waals surface area (Å²) in [6, 6.07) is 8.69. The van der Waals surface area contributed by atoms with Gasteiger partial charge in [-0.3, -0.25) is 9.78 Å². The Kier molecular flexibility index (Phi) is 7.59. The number of hydrogen-bond donors (Lipinski definition) is 1. The number of carbonyl (C=O) groups excluding carboxylic acids is 1. The molecule has 1 aromatic heterocycles. The molecule has 0 radical (unpaired) electrons. The van der Waals surface area contributed by atoms with E-state index in [1.165, 1.54) is 12.4 Å². The quantitative estimate of drug-likeness (QED) is 0.250. The Morgan fingerprint density at radius 1 is 0.907 bits per heavy atom. The van der Waals surface area contributed by atoms with Gasteiger partial charge in [0.15, 0.2) is 9.84 Å². The van der Waals surface area contributed by atoms with Crippen molar-refractivity contribution in [2.75, 3.05) is 0 Å². The fraction of sp³-hybridized carbons (Fsp3) is 0.379. The number of halogens is 8. The molecule has 1 N–H and O–H groups in total. The first-order valence-electron chi connectivity index (χ1n) is 13.2. The molecule has 14 heteroatoms. The number of fused-ring (bicyclic) bond motifs is 3. The van der Waals surface area contributed by atoms with Crippen LogP contribution >= 0.6 is 0 Å². The van der Waals surface area contributed by atoms with Crippen LogP contribution in [-0.2, 0) is 38.0 Å². The van der Waals surface area contributed by atoms with Crippen molar-refractivity contribution in [1.29, 1.82) is 0 Å². The van der Waals surface area contributed by atoms with E-state index in [1.54, 1.807) is 12.1 Å². The van der Waals surface area contributed by atoms with E-state index in [2.05, 4.69) is 10.3 Å². The lowest BCUT2D eigenvalue weighted by Crippen LogP contribution is -2.51. The van der Waals surface area contributed by atoms with Crippen LogP contribution in [0.1, 0.15) is 41.5 Å². The Labute approximate surface area is 241 Å². The lowest BCUT2D eigenvalue weighted by Gasteiger charge is -2.42. The van der Waals surface area contributed by atoms with E-state index in [1.807, 2.05) is 0 Å². The highest BCUT2D eigenvalue weighted by Crippen LogP contribution is 2.60. The highest BCUT2D eigenvalue weighted by molar-refractivity contribution is 7.92. The minimum atomic E-state index is -6.35. The highest BCUT2D eigenvalue weighted by Gasteiger charge is 2.73. The van der Waals surface area contributed by atoms with Crippen molar-refractivity contribution >= 4 is 15.7 Å². The molecule has 1 fully saturated rings. The zero-order valence-electron chi connectivity index (χ0n) is 22.1. The van der Waals surface area contributed by atoms with Gasteiger partial charge in [-0.2, -0.15) is 26.3 Å². The van der Waals surface area contributed by atoms with Crippen molar-refractivity contribution in [2.24, 2.45) is 11.8 Å². The number of nitrogens with zero attached hydrogens (tertiary/aromatic N) is 1. The largest absolute Gasteiger partial charge is 0.435 e. The molecular formula is C29H24F8N2O3S. The van der Waals surface area contributed by atoms with Crippen molar-refractivity contribution in [3.63, 3.8) is 0 Å². The third kappa shape index (κ3) is 4.87. The molecule has 2 aromatic carbocycles. The van der Waals surface area contributed by atoms with E-state index in [-0.39, 0.29) is 48.3 Å². The molecule has 1 heterocycles. The average Bonchev–Trinajstić information content (AvgIpc) is 3.37. The van der Waals surface area contributed by atoms with Crippen LogP contribution < -0.4 is 5.32 Å². The maximum absolute atomic E-state index is 14.9. The van der Waals surface area contributed by atoms with E-state index in [9.17, 15) is 48.3 Å². The number of amides is 1. The van der Waals surface area contributed by atoms with Gasteiger partial charge in [-0.1, -0.05) is 18.2 Å². The fourth-order valence-electron chi connectivity index (χ4n) is 6.51. The summed E-state index contributed by atoms with van der Waals surface area (Å²) >= 11 is 0. The van der Waals surface area contributed by atoms with E-state index in [0.29, 0.717) is 12.1 Å². The molecule has 230 valence electrons. The van der Waals surface area contributed by atoms with E-state index < -0.39 is 61.7 Å². The molecular weight excluding hydrogens is 608 g/mol. The smallest absolute Gasteiger partial charge is 0.352 e. The summed E-state index contributed by atoms with van der Waals surface area (Å²) in [4.78, 5) is 16.9. The number of sulfone groups is 1. The number of nitrogens with one attached hydrogen (secondary N) is 1. The van der Waals surface area contributed by atoms with Gasteiger partial charge in [-0.25, -0.2) is 17.2 Å². The number of hydrogen-bond acceptors (Lipinski definition) is 4. The number of alkyl halides is 7. The Balaban J connectivity index is 1.62. The predicted molar refractivity (Wildman–Crippen MR) is 137 cm³/mol. The molecule has 2 aliphatic rings. The summed E-state index contributed by atoms with van der Waals surface area (Å²) in [5, 5.41) is 2.77. The zero-order chi connectivity index (χ0) is 31.4. The molecule has 2 aliphatic carbocycles. The minimum absolute atomic E-state index is 0.0343. The van der Waals surface area contributed by atoms with Gasteiger partial charge in [0.25, 0.3) is 0 Å². The van der Waals surface area contributed by atoms with Crippen molar-refractivity contribution in [3.8, 4) is 0 Å². The fourth-order valence-corrected chi connectivity index (χ4v) is 8.99. The Morgan fingerprint density at radius 2 is 1.53 bits per heavy atom. The average molecular weight is 633 g/mol. The topological polar surface area (TPSA) is 76.1 Å². The van der Waals surface area contributed by atoms with Crippen LogP contribution in [0, 0.1) is 17.7 Å². The van der Waals surface area contributed by atoms with Gasteiger partial charge in [-0.05, 0) is 84.7 Å². The van der Waals surface area contributed by atoms with Gasteiger partial charge in [0.1, 0.15) is 10.6 Å². The summed E-state index contributed by atoms with van der Waals surface area (Å²) in [5.41, 5.74) is -7.00. The van der Waals surface area contributed by atoms with Crippen LogP contribution in [0.2, 0.25) is 0 Å². The van der Waals surface area contributed by atoms with Crippen LogP contribution in [0.3, 0.4) is 0 Å². The van der Waals surface area contributed by atoms with Crippen molar-refractivity contribution in [2.45, 2.75) is 59.9 Å². The van der Waals surface area contributed by atoms with E-state index in [4.69, 9.17) is 0 Å². The second-order valence-corrected chi connectivity index (χ2v) is 12.9. The maximum Gasteiger partial charge on any atom is 0.435 e. The second-order valence-electron chi connectivity index (χ2n) is 10.7. The summed E-state index contributed by atoms with van der Waals surface area (Å²) in [6.07, 6.45) is -10.1. The van der Waals surface area contributed by atoms with E-state index in [0.717, 1.165) is 35.9 Å². The van der Waals surface area contributed by atoms with Crippen molar-refractivity contribution < 1.29 is 48.3 Å². The van der Waals surface area contributed by atoms with Gasteiger partial charge in [0.05, 0.1) is 4.90 Å². The van der Waals surface area contributed by atoms with Crippen LogP contribution in [0.25, 0.3) is 0 Å². The van der Waals surface area contributed by atoms with E-state index >= 15 is 0 Å². The predicted octanol–water partition coefficient (Wildman–Crippen LogP) is 6.47. The van der Waals surface area contributed by atoms with Gasteiger partial charge >= 0.3 is 18.0 Å². The summed E-state index contributed by atoms with van der Waals surface area (Å²) in [5.74, 6) is -3.02. The molecule has 3 atom stereocenters. The number of rotatable bonds is 6. The number of aryl methyl sites for hydroxylation is 1. The van der Waals surface area contributed by atoms with Crippen LogP contribution in [0.5, 0.6) is 0 Å².